The molecule has 7 nitrogen and oxygen atoms in total. The third-order valence-electron chi connectivity index (χ3n) is 3.15. The maximum absolute atomic E-state index is 12.8. The first-order valence-corrected chi connectivity index (χ1v) is 6.72. The zero-order valence-electron chi connectivity index (χ0n) is 12.0. The molecular weight excluding hydrogens is 307 g/mol. The van der Waals surface area contributed by atoms with Gasteiger partial charge in [0.15, 0.2) is 5.69 Å². The van der Waals surface area contributed by atoms with Crippen LogP contribution in [0.15, 0.2) is 6.07 Å². The summed E-state index contributed by atoms with van der Waals surface area (Å²) in [6.45, 7) is 0.540. The molecule has 22 heavy (non-hydrogen) atoms. The highest BCUT2D eigenvalue weighted by Gasteiger charge is 2.36. The summed E-state index contributed by atoms with van der Waals surface area (Å²) in [5, 5.41) is 13.9. The molecule has 0 atom stereocenters. The van der Waals surface area contributed by atoms with Gasteiger partial charge in [-0.3, -0.25) is 0 Å². The van der Waals surface area contributed by atoms with Gasteiger partial charge in [-0.1, -0.05) is 0 Å². The molecule has 10 heteroatoms. The van der Waals surface area contributed by atoms with Crippen LogP contribution < -0.4 is 4.74 Å². The Kier molecular flexibility index (Phi) is 5.62. The molecule has 2 heterocycles. The van der Waals surface area contributed by atoms with Crippen LogP contribution in [0.4, 0.5) is 13.2 Å². The summed E-state index contributed by atoms with van der Waals surface area (Å²) in [7, 11) is 1.41. The summed E-state index contributed by atoms with van der Waals surface area (Å²) >= 11 is 0. The van der Waals surface area contributed by atoms with Gasteiger partial charge in [-0.2, -0.15) is 23.3 Å². The van der Waals surface area contributed by atoms with E-state index in [9.17, 15) is 18.4 Å². The quantitative estimate of drug-likeness (QED) is 0.634. The number of nitrogens with zero attached hydrogens (tertiary/aromatic N) is 3. The Morgan fingerprint density at radius 2 is 2.05 bits per heavy atom. The van der Waals surface area contributed by atoms with Crippen LogP contribution in [0, 0.1) is 0 Å². The lowest BCUT2D eigenvalue weighted by Crippen LogP contribution is -2.36. The number of hydroxylamine groups is 2. The molecule has 0 amide bonds. The Morgan fingerprint density at radius 3 is 2.64 bits per heavy atom. The summed E-state index contributed by atoms with van der Waals surface area (Å²) < 4.78 is 54.6. The number of hydrogen-bond acceptors (Lipinski definition) is 6. The van der Waals surface area contributed by atoms with E-state index in [1.54, 1.807) is 0 Å². The lowest BCUT2D eigenvalue weighted by Gasteiger charge is -2.27. The van der Waals surface area contributed by atoms with Gasteiger partial charge in [-0.15, -0.1) is 0 Å². The smallest absolute Gasteiger partial charge is 0.435 e. The molecule has 1 aliphatic heterocycles. The molecule has 126 valence electrons. The molecule has 0 spiro atoms. The molecule has 1 N–H and O–H groups in total. The van der Waals surface area contributed by atoms with Crippen molar-refractivity contribution in [3.63, 3.8) is 0 Å². The van der Waals surface area contributed by atoms with Gasteiger partial charge >= 0.3 is 6.18 Å². The van der Waals surface area contributed by atoms with E-state index >= 15 is 0 Å². The van der Waals surface area contributed by atoms with Gasteiger partial charge in [-0.05, 0) is 12.8 Å². The highest BCUT2D eigenvalue weighted by molar-refractivity contribution is 5.18. The predicted molar refractivity (Wildman–Crippen MR) is 67.2 cm³/mol. The van der Waals surface area contributed by atoms with Crippen molar-refractivity contribution in [3.05, 3.63) is 11.8 Å². The molecule has 0 aromatic carbocycles. The SMILES string of the molecule is COCOCn1nc(C(F)(F)F)cc1OC1CCN(O)CC1. The van der Waals surface area contributed by atoms with E-state index in [2.05, 4.69) is 9.84 Å². The van der Waals surface area contributed by atoms with Crippen molar-refractivity contribution in [2.24, 2.45) is 0 Å². The Balaban J connectivity index is 2.07. The van der Waals surface area contributed by atoms with E-state index in [1.165, 1.54) is 7.11 Å². The highest BCUT2D eigenvalue weighted by atomic mass is 19.4. The summed E-state index contributed by atoms with van der Waals surface area (Å²) in [6, 6.07) is 0.849. The third kappa shape index (κ3) is 4.57. The van der Waals surface area contributed by atoms with Crippen LogP contribution >= 0.6 is 0 Å². The van der Waals surface area contributed by atoms with Crippen molar-refractivity contribution in [1.82, 2.24) is 14.8 Å². The number of ether oxygens (including phenoxy) is 3. The van der Waals surface area contributed by atoms with E-state index in [4.69, 9.17) is 9.47 Å². The van der Waals surface area contributed by atoms with Crippen LogP contribution in [0.25, 0.3) is 0 Å². The normalized spacial score (nSPS) is 17.9. The predicted octanol–water partition coefficient (Wildman–Crippen LogP) is 1.71. The Bertz CT molecular complexity index is 473. The van der Waals surface area contributed by atoms with Crippen molar-refractivity contribution in [3.8, 4) is 5.88 Å². The number of rotatable bonds is 6. The van der Waals surface area contributed by atoms with E-state index in [-0.39, 0.29) is 25.5 Å². The van der Waals surface area contributed by atoms with Crippen molar-refractivity contribution < 1.29 is 32.6 Å². The summed E-state index contributed by atoms with van der Waals surface area (Å²) in [6.07, 6.45) is -3.80. The molecule has 0 radical (unpaired) electrons. The lowest BCUT2D eigenvalue weighted by molar-refractivity contribution is -0.142. The number of aromatic nitrogens is 2. The van der Waals surface area contributed by atoms with Gasteiger partial charge in [-0.25, -0.2) is 4.68 Å². The van der Waals surface area contributed by atoms with Crippen LogP contribution in [0.1, 0.15) is 18.5 Å². The van der Waals surface area contributed by atoms with Crippen LogP contribution in [0.5, 0.6) is 5.88 Å². The monoisotopic (exact) mass is 325 g/mol. The molecule has 1 fully saturated rings. The van der Waals surface area contributed by atoms with Crippen LogP contribution in [0.2, 0.25) is 0 Å². The van der Waals surface area contributed by atoms with Crippen molar-refractivity contribution in [1.29, 1.82) is 0 Å². The second kappa shape index (κ2) is 7.27. The minimum atomic E-state index is -4.56. The average Bonchev–Trinajstić information content (AvgIpc) is 2.85. The van der Waals surface area contributed by atoms with Gasteiger partial charge in [0.2, 0.25) is 5.88 Å². The molecule has 0 unspecified atom stereocenters. The molecular formula is C12H18F3N3O4. The minimum absolute atomic E-state index is 0.0141. The van der Waals surface area contributed by atoms with Gasteiger partial charge in [0.25, 0.3) is 0 Å². The largest absolute Gasteiger partial charge is 0.474 e. The van der Waals surface area contributed by atoms with Gasteiger partial charge in [0, 0.05) is 26.3 Å². The second-order valence-corrected chi connectivity index (χ2v) is 4.88. The zero-order chi connectivity index (χ0) is 16.2. The second-order valence-electron chi connectivity index (χ2n) is 4.88. The number of hydrogen-bond donors (Lipinski definition) is 1. The Morgan fingerprint density at radius 1 is 1.36 bits per heavy atom. The van der Waals surface area contributed by atoms with Crippen LogP contribution in [0.3, 0.4) is 0 Å². The fourth-order valence-electron chi connectivity index (χ4n) is 2.06. The van der Waals surface area contributed by atoms with Crippen LogP contribution in [-0.4, -0.2) is 53.1 Å². The molecule has 2 rings (SSSR count). The lowest BCUT2D eigenvalue weighted by atomic mass is 10.1. The average molecular weight is 325 g/mol. The fraction of sp³-hybridized carbons (Fsp3) is 0.750. The maximum Gasteiger partial charge on any atom is 0.435 e. The van der Waals surface area contributed by atoms with Gasteiger partial charge in [0.1, 0.15) is 19.6 Å². The molecule has 1 aliphatic rings. The molecule has 0 bridgehead atoms. The highest BCUT2D eigenvalue weighted by Crippen LogP contribution is 2.31. The van der Waals surface area contributed by atoms with Gasteiger partial charge < -0.3 is 19.4 Å². The van der Waals surface area contributed by atoms with E-state index in [1.807, 2.05) is 0 Å². The van der Waals surface area contributed by atoms with Crippen molar-refractivity contribution in [2.75, 3.05) is 27.0 Å². The van der Waals surface area contributed by atoms with E-state index in [0.29, 0.717) is 25.9 Å². The number of alkyl halides is 3. The summed E-state index contributed by atoms with van der Waals surface area (Å²) in [5.41, 5.74) is -1.04. The van der Waals surface area contributed by atoms with Gasteiger partial charge in [0.05, 0.1) is 0 Å². The maximum atomic E-state index is 12.8. The molecule has 1 aromatic rings. The first kappa shape index (κ1) is 17.0. The molecule has 0 aliphatic carbocycles. The number of piperidine rings is 1. The van der Waals surface area contributed by atoms with Crippen LogP contribution in [-0.2, 0) is 22.4 Å². The third-order valence-corrected chi connectivity index (χ3v) is 3.15. The molecule has 0 saturated carbocycles. The number of methoxy groups -OCH3 is 1. The zero-order valence-corrected chi connectivity index (χ0v) is 12.0. The Labute approximate surface area is 125 Å². The number of halogens is 3. The summed E-state index contributed by atoms with van der Waals surface area (Å²) in [5.74, 6) is -0.0141. The van der Waals surface area contributed by atoms with Crippen molar-refractivity contribution in [2.45, 2.75) is 31.9 Å². The first-order valence-electron chi connectivity index (χ1n) is 6.72. The molecule has 1 aromatic heterocycles. The standard InChI is InChI=1S/C12H18F3N3O4/c1-20-8-21-7-18-11(6-10(16-18)12(13,14)15)22-9-2-4-17(19)5-3-9/h6,9,19H,2-5,7-8H2,1H3. The molecule has 1 saturated heterocycles. The minimum Gasteiger partial charge on any atom is -0.474 e. The first-order chi connectivity index (χ1) is 10.4. The topological polar surface area (TPSA) is 69.0 Å². The summed E-state index contributed by atoms with van der Waals surface area (Å²) in [4.78, 5) is 0. The fourth-order valence-corrected chi connectivity index (χ4v) is 2.06. The van der Waals surface area contributed by atoms with E-state index < -0.39 is 11.9 Å². The van der Waals surface area contributed by atoms with Crippen molar-refractivity contribution >= 4 is 0 Å². The van der Waals surface area contributed by atoms with E-state index in [0.717, 1.165) is 15.8 Å². The Hall–Kier alpha value is -1.36.